The van der Waals surface area contributed by atoms with Crippen LogP contribution in [0.2, 0.25) is 0 Å². The standard InChI is InChI=1S/C25H35N3O2/c1-17-13-22-20-7-2-3-8-21(20)25(26-18-14-19(29)15-18)27-23(22)16-24(17)30-12-6-11-28-9-4-5-10-28/h13,16,18-19,29H,2-12,14-15H2,1H3,(H,26,27)/t18-,19-. The van der Waals surface area contributed by atoms with E-state index < -0.39 is 0 Å². The van der Waals surface area contributed by atoms with Gasteiger partial charge in [0.25, 0.3) is 0 Å². The number of nitrogens with zero attached hydrogens (tertiary/aromatic N) is 2. The molecule has 1 saturated heterocycles. The molecule has 0 atom stereocenters. The molecule has 2 aliphatic carbocycles. The van der Waals surface area contributed by atoms with E-state index in [4.69, 9.17) is 9.72 Å². The first-order chi connectivity index (χ1) is 14.7. The molecule has 5 rings (SSSR count). The van der Waals surface area contributed by atoms with Gasteiger partial charge >= 0.3 is 0 Å². The van der Waals surface area contributed by atoms with E-state index in [1.807, 2.05) is 0 Å². The molecule has 0 unspecified atom stereocenters. The molecule has 2 heterocycles. The van der Waals surface area contributed by atoms with Crippen molar-refractivity contribution in [3.63, 3.8) is 0 Å². The minimum atomic E-state index is -0.151. The summed E-state index contributed by atoms with van der Waals surface area (Å²) in [4.78, 5) is 7.59. The third kappa shape index (κ3) is 4.15. The zero-order valence-corrected chi connectivity index (χ0v) is 18.3. The van der Waals surface area contributed by atoms with E-state index in [0.717, 1.165) is 62.3 Å². The maximum atomic E-state index is 9.67. The Bertz CT molecular complexity index is 901. The fourth-order valence-electron chi connectivity index (χ4n) is 5.31. The van der Waals surface area contributed by atoms with Crippen LogP contribution in [0.3, 0.4) is 0 Å². The average Bonchev–Trinajstić information content (AvgIpc) is 3.24. The van der Waals surface area contributed by atoms with E-state index in [1.165, 1.54) is 60.8 Å². The Morgan fingerprint density at radius 1 is 1.10 bits per heavy atom. The lowest BCUT2D eigenvalue weighted by molar-refractivity contribution is 0.0835. The molecule has 162 valence electrons. The van der Waals surface area contributed by atoms with Crippen LogP contribution in [-0.2, 0) is 12.8 Å². The third-order valence-electron chi connectivity index (χ3n) is 7.13. The number of aliphatic hydroxyl groups is 1. The van der Waals surface area contributed by atoms with Crippen molar-refractivity contribution in [2.45, 2.75) is 76.9 Å². The smallest absolute Gasteiger partial charge is 0.130 e. The first-order valence-corrected chi connectivity index (χ1v) is 11.9. The maximum Gasteiger partial charge on any atom is 0.130 e. The highest BCUT2D eigenvalue weighted by atomic mass is 16.5. The van der Waals surface area contributed by atoms with Crippen LogP contribution in [-0.4, -0.2) is 53.4 Å². The van der Waals surface area contributed by atoms with Gasteiger partial charge in [-0.1, -0.05) is 0 Å². The molecule has 2 fully saturated rings. The second kappa shape index (κ2) is 8.72. The average molecular weight is 410 g/mol. The number of aryl methyl sites for hydroxylation is 2. The molecule has 0 amide bonds. The summed E-state index contributed by atoms with van der Waals surface area (Å²) in [5.74, 6) is 2.01. The number of benzene rings is 1. The lowest BCUT2D eigenvalue weighted by Crippen LogP contribution is -2.39. The third-order valence-corrected chi connectivity index (χ3v) is 7.13. The monoisotopic (exact) mass is 409 g/mol. The van der Waals surface area contributed by atoms with Gasteiger partial charge in [-0.15, -0.1) is 0 Å². The van der Waals surface area contributed by atoms with Gasteiger partial charge in [0.15, 0.2) is 0 Å². The fraction of sp³-hybridized carbons (Fsp3) is 0.640. The molecule has 1 aromatic heterocycles. The quantitative estimate of drug-likeness (QED) is 0.671. The molecule has 2 N–H and O–H groups in total. The predicted octanol–water partition coefficient (Wildman–Crippen LogP) is 4.22. The summed E-state index contributed by atoms with van der Waals surface area (Å²) in [6.07, 6.45) is 9.99. The number of fused-ring (bicyclic) bond motifs is 3. The van der Waals surface area contributed by atoms with E-state index in [9.17, 15) is 5.11 Å². The second-order valence-corrected chi connectivity index (χ2v) is 9.48. The molecular weight excluding hydrogens is 374 g/mol. The zero-order chi connectivity index (χ0) is 20.5. The Morgan fingerprint density at radius 3 is 2.63 bits per heavy atom. The number of rotatable bonds is 7. The molecule has 3 aliphatic rings. The van der Waals surface area contributed by atoms with Gasteiger partial charge in [0.2, 0.25) is 0 Å². The van der Waals surface area contributed by atoms with Crippen molar-refractivity contribution in [3.05, 3.63) is 28.8 Å². The Kier molecular flexibility index (Phi) is 5.83. The van der Waals surface area contributed by atoms with Crippen molar-refractivity contribution in [2.75, 3.05) is 31.6 Å². The van der Waals surface area contributed by atoms with Crippen molar-refractivity contribution in [1.29, 1.82) is 0 Å². The van der Waals surface area contributed by atoms with Crippen molar-refractivity contribution in [2.24, 2.45) is 0 Å². The van der Waals surface area contributed by atoms with E-state index in [1.54, 1.807) is 0 Å². The Hall–Kier alpha value is -1.85. The summed E-state index contributed by atoms with van der Waals surface area (Å²) in [5.41, 5.74) is 5.12. The molecule has 5 heteroatoms. The highest BCUT2D eigenvalue weighted by Crippen LogP contribution is 2.37. The molecular formula is C25H35N3O2. The molecule has 1 saturated carbocycles. The molecule has 0 radical (unpaired) electrons. The van der Waals surface area contributed by atoms with Crippen LogP contribution in [0.4, 0.5) is 5.82 Å². The lowest BCUT2D eigenvalue weighted by Gasteiger charge is -2.34. The van der Waals surface area contributed by atoms with E-state index >= 15 is 0 Å². The van der Waals surface area contributed by atoms with Crippen molar-refractivity contribution < 1.29 is 9.84 Å². The Morgan fingerprint density at radius 2 is 1.87 bits per heavy atom. The fourth-order valence-corrected chi connectivity index (χ4v) is 5.31. The molecule has 30 heavy (non-hydrogen) atoms. The molecule has 0 spiro atoms. The van der Waals surface area contributed by atoms with Crippen LogP contribution >= 0.6 is 0 Å². The second-order valence-electron chi connectivity index (χ2n) is 9.48. The summed E-state index contributed by atoms with van der Waals surface area (Å²) in [6.45, 7) is 6.56. The Balaban J connectivity index is 1.36. The lowest BCUT2D eigenvalue weighted by atomic mass is 9.86. The number of hydrogen-bond acceptors (Lipinski definition) is 5. The number of ether oxygens (including phenoxy) is 1. The highest BCUT2D eigenvalue weighted by molar-refractivity contribution is 5.88. The number of likely N-dealkylation sites (tertiary alicyclic amines) is 1. The van der Waals surface area contributed by atoms with Crippen molar-refractivity contribution >= 4 is 16.7 Å². The van der Waals surface area contributed by atoms with Gasteiger partial charge in [-0.25, -0.2) is 4.98 Å². The summed E-state index contributed by atoms with van der Waals surface area (Å²) in [7, 11) is 0. The summed E-state index contributed by atoms with van der Waals surface area (Å²) >= 11 is 0. The minimum Gasteiger partial charge on any atom is -0.493 e. The maximum absolute atomic E-state index is 9.67. The normalized spacial score (nSPS) is 23.9. The molecule has 2 aromatic rings. The first-order valence-electron chi connectivity index (χ1n) is 11.9. The van der Waals surface area contributed by atoms with E-state index in [2.05, 4.69) is 29.3 Å². The number of anilines is 1. The van der Waals surface area contributed by atoms with Crippen LogP contribution in [0.25, 0.3) is 10.9 Å². The zero-order valence-electron chi connectivity index (χ0n) is 18.3. The number of aliphatic hydroxyl groups excluding tert-OH is 1. The minimum absolute atomic E-state index is 0.151. The van der Waals surface area contributed by atoms with Gasteiger partial charge < -0.3 is 20.1 Å². The summed E-state index contributed by atoms with van der Waals surface area (Å²) < 4.78 is 6.20. The van der Waals surface area contributed by atoms with E-state index in [-0.39, 0.29) is 6.10 Å². The Labute approximate surface area is 179 Å². The van der Waals surface area contributed by atoms with Crippen LogP contribution < -0.4 is 10.1 Å². The van der Waals surface area contributed by atoms with Gasteiger partial charge in [-0.05, 0) is 101 Å². The predicted molar refractivity (Wildman–Crippen MR) is 122 cm³/mol. The van der Waals surface area contributed by atoms with Crippen LogP contribution in [0, 0.1) is 6.92 Å². The van der Waals surface area contributed by atoms with Gasteiger partial charge in [0.05, 0.1) is 18.2 Å². The molecule has 1 aliphatic heterocycles. The molecule has 1 aromatic carbocycles. The van der Waals surface area contributed by atoms with E-state index in [0.29, 0.717) is 6.04 Å². The highest BCUT2D eigenvalue weighted by Gasteiger charge is 2.29. The number of aromatic nitrogens is 1. The molecule has 0 bridgehead atoms. The molecule has 5 nitrogen and oxygen atoms in total. The van der Waals surface area contributed by atoms with Crippen LogP contribution in [0.15, 0.2) is 12.1 Å². The van der Waals surface area contributed by atoms with Gasteiger partial charge in [-0.3, -0.25) is 0 Å². The topological polar surface area (TPSA) is 57.6 Å². The van der Waals surface area contributed by atoms with Crippen LogP contribution in [0.1, 0.15) is 61.6 Å². The van der Waals surface area contributed by atoms with Gasteiger partial charge in [0.1, 0.15) is 11.6 Å². The van der Waals surface area contributed by atoms with Gasteiger partial charge in [0, 0.05) is 24.0 Å². The number of hydrogen-bond donors (Lipinski definition) is 2. The van der Waals surface area contributed by atoms with Crippen LogP contribution in [0.5, 0.6) is 5.75 Å². The summed E-state index contributed by atoms with van der Waals surface area (Å²) in [5, 5.41) is 14.6. The number of pyridine rings is 1. The largest absolute Gasteiger partial charge is 0.493 e. The number of nitrogens with one attached hydrogen (secondary N) is 1. The summed E-state index contributed by atoms with van der Waals surface area (Å²) in [6, 6.07) is 4.79. The SMILES string of the molecule is Cc1cc2c3c(c(N[C@H]4C[C@H](O)C4)nc2cc1OCCCN1CCCC1)CCCC3. The van der Waals surface area contributed by atoms with Crippen molar-refractivity contribution in [1.82, 2.24) is 9.88 Å². The first kappa shape index (κ1) is 20.1. The van der Waals surface area contributed by atoms with Gasteiger partial charge in [-0.2, -0.15) is 0 Å². The van der Waals surface area contributed by atoms with Crippen molar-refractivity contribution in [3.8, 4) is 5.75 Å².